The molecule has 1 aromatic rings. The monoisotopic (exact) mass is 387 g/mol. The van der Waals surface area contributed by atoms with Gasteiger partial charge in [0.15, 0.2) is 0 Å². The topological polar surface area (TPSA) is 64.6 Å². The summed E-state index contributed by atoms with van der Waals surface area (Å²) in [6, 6.07) is 4.38. The van der Waals surface area contributed by atoms with Crippen LogP contribution in [0.2, 0.25) is 0 Å². The van der Waals surface area contributed by atoms with Crippen molar-refractivity contribution in [2.75, 3.05) is 13.7 Å². The fourth-order valence-corrected chi connectivity index (χ4v) is 3.00. The Bertz CT molecular complexity index is 675. The first-order valence-electron chi connectivity index (χ1n) is 8.81. The van der Waals surface area contributed by atoms with Gasteiger partial charge in [-0.1, -0.05) is 18.2 Å². The van der Waals surface area contributed by atoms with E-state index in [0.717, 1.165) is 6.07 Å². The molecule has 1 N–H and O–H groups in total. The quantitative estimate of drug-likeness (QED) is 0.696. The molecule has 1 fully saturated rings. The largest absolute Gasteiger partial charge is 0.467 e. The van der Waals surface area contributed by atoms with E-state index in [2.05, 4.69) is 10.1 Å². The number of esters is 1. The van der Waals surface area contributed by atoms with E-state index in [-0.39, 0.29) is 24.7 Å². The molecule has 0 aliphatic heterocycles. The molecule has 1 aliphatic rings. The maximum atomic E-state index is 13.2. The lowest BCUT2D eigenvalue weighted by Crippen LogP contribution is -2.43. The molecule has 1 aliphatic carbocycles. The first kappa shape index (κ1) is 21.2. The highest BCUT2D eigenvalue weighted by molar-refractivity contribution is 5.88. The Morgan fingerprint density at radius 3 is 2.52 bits per heavy atom. The maximum Gasteiger partial charge on any atom is 0.416 e. The molecule has 5 nitrogen and oxygen atoms in total. The Labute approximate surface area is 156 Å². The van der Waals surface area contributed by atoms with E-state index in [0.29, 0.717) is 6.42 Å². The van der Waals surface area contributed by atoms with Crippen molar-refractivity contribution in [2.24, 2.45) is 5.92 Å². The smallest absolute Gasteiger partial charge is 0.416 e. The van der Waals surface area contributed by atoms with Crippen molar-refractivity contribution in [1.82, 2.24) is 5.32 Å². The second-order valence-electron chi connectivity index (χ2n) is 6.83. The molecule has 0 unspecified atom stereocenters. The molecule has 0 radical (unpaired) electrons. The summed E-state index contributed by atoms with van der Waals surface area (Å²) in [4.78, 5) is 24.3. The van der Waals surface area contributed by atoms with Crippen LogP contribution in [0.4, 0.5) is 13.2 Å². The number of ether oxygens (including phenoxy) is 2. The van der Waals surface area contributed by atoms with Gasteiger partial charge in [-0.05, 0) is 37.8 Å². The fourth-order valence-electron chi connectivity index (χ4n) is 3.00. The molecule has 150 valence electrons. The molecule has 8 heteroatoms. The Morgan fingerprint density at radius 2 is 1.93 bits per heavy atom. The van der Waals surface area contributed by atoms with Crippen LogP contribution >= 0.6 is 0 Å². The molecule has 27 heavy (non-hydrogen) atoms. The summed E-state index contributed by atoms with van der Waals surface area (Å²) in [6.07, 6.45) is -3.95. The number of carbonyl (C=O) groups is 2. The Morgan fingerprint density at radius 1 is 1.26 bits per heavy atom. The molecule has 0 heterocycles. The fraction of sp³-hybridized carbons (Fsp3) is 0.579. The van der Waals surface area contributed by atoms with Gasteiger partial charge in [0.2, 0.25) is 5.91 Å². The van der Waals surface area contributed by atoms with E-state index in [1.165, 1.54) is 25.3 Å². The number of amides is 1. The second kappa shape index (κ2) is 8.73. The van der Waals surface area contributed by atoms with Crippen LogP contribution in [0, 0.1) is 5.92 Å². The molecule has 0 spiro atoms. The van der Waals surface area contributed by atoms with E-state index in [9.17, 15) is 22.8 Å². The highest BCUT2D eigenvalue weighted by atomic mass is 19.4. The van der Waals surface area contributed by atoms with Gasteiger partial charge in [-0.15, -0.1) is 0 Å². The number of nitrogens with one attached hydrogen (secondary N) is 1. The second-order valence-corrected chi connectivity index (χ2v) is 6.83. The zero-order valence-electron chi connectivity index (χ0n) is 15.5. The van der Waals surface area contributed by atoms with Crippen LogP contribution in [0.5, 0.6) is 0 Å². The van der Waals surface area contributed by atoms with Gasteiger partial charge >= 0.3 is 12.1 Å². The third kappa shape index (κ3) is 5.69. The Balaban J connectivity index is 2.01. The summed E-state index contributed by atoms with van der Waals surface area (Å²) in [5, 5.41) is 2.59. The minimum absolute atomic E-state index is 0.0225. The zero-order chi connectivity index (χ0) is 20.2. The van der Waals surface area contributed by atoms with Crippen LogP contribution in [-0.2, 0) is 25.2 Å². The summed E-state index contributed by atoms with van der Waals surface area (Å²) in [5.41, 5.74) is -0.608. The summed E-state index contributed by atoms with van der Waals surface area (Å²) in [7, 11) is 1.21. The number of alkyl halides is 3. The highest BCUT2D eigenvalue weighted by Crippen LogP contribution is 2.51. The van der Waals surface area contributed by atoms with Gasteiger partial charge in [0.25, 0.3) is 0 Å². The van der Waals surface area contributed by atoms with Crippen LogP contribution < -0.4 is 5.32 Å². The predicted molar refractivity (Wildman–Crippen MR) is 91.9 cm³/mol. The number of carbonyl (C=O) groups excluding carboxylic acids is 2. The number of rotatable bonds is 8. The SMILES string of the molecule is COC(=O)[C@H](CCOC(C)C)NC(=O)[C@@H]1C[C@H]1c1ccccc1C(F)(F)F. The molecule has 1 amide bonds. The number of hydrogen-bond acceptors (Lipinski definition) is 4. The van der Waals surface area contributed by atoms with Crippen molar-refractivity contribution in [3.63, 3.8) is 0 Å². The lowest BCUT2D eigenvalue weighted by molar-refractivity contribution is -0.146. The normalized spacial score (nSPS) is 20.3. The Hall–Kier alpha value is -2.09. The van der Waals surface area contributed by atoms with Crippen LogP contribution in [-0.4, -0.2) is 37.7 Å². The number of benzene rings is 1. The molecular formula is C19H24F3NO4. The van der Waals surface area contributed by atoms with E-state index < -0.39 is 41.5 Å². The van der Waals surface area contributed by atoms with Crippen LogP contribution in [0.25, 0.3) is 0 Å². The van der Waals surface area contributed by atoms with Gasteiger partial charge in [-0.2, -0.15) is 13.2 Å². The first-order chi connectivity index (χ1) is 12.6. The molecule has 1 aromatic carbocycles. The van der Waals surface area contributed by atoms with Crippen LogP contribution in [0.1, 0.15) is 43.7 Å². The number of hydrogen-bond donors (Lipinski definition) is 1. The third-order valence-electron chi connectivity index (χ3n) is 4.45. The predicted octanol–water partition coefficient (Wildman–Crippen LogP) is 3.28. The summed E-state index contributed by atoms with van der Waals surface area (Å²) in [6.45, 7) is 3.94. The third-order valence-corrected chi connectivity index (χ3v) is 4.45. The number of halogens is 3. The van der Waals surface area contributed by atoms with Gasteiger partial charge in [0.05, 0.1) is 18.8 Å². The molecule has 0 aromatic heterocycles. The molecule has 0 saturated heterocycles. The van der Waals surface area contributed by atoms with Gasteiger partial charge < -0.3 is 14.8 Å². The van der Waals surface area contributed by atoms with Gasteiger partial charge in [0.1, 0.15) is 6.04 Å². The molecule has 3 atom stereocenters. The molecule has 2 rings (SSSR count). The zero-order valence-corrected chi connectivity index (χ0v) is 15.5. The van der Waals surface area contributed by atoms with E-state index in [1.54, 1.807) is 0 Å². The van der Waals surface area contributed by atoms with Crippen molar-refractivity contribution in [1.29, 1.82) is 0 Å². The van der Waals surface area contributed by atoms with Crippen LogP contribution in [0.15, 0.2) is 24.3 Å². The minimum atomic E-state index is -4.47. The average Bonchev–Trinajstić information content (AvgIpc) is 3.40. The highest BCUT2D eigenvalue weighted by Gasteiger charge is 2.48. The number of methoxy groups -OCH3 is 1. The van der Waals surface area contributed by atoms with E-state index in [1.807, 2.05) is 13.8 Å². The van der Waals surface area contributed by atoms with Crippen molar-refractivity contribution in [3.8, 4) is 0 Å². The lowest BCUT2D eigenvalue weighted by atomic mass is 10.0. The van der Waals surface area contributed by atoms with Crippen LogP contribution in [0.3, 0.4) is 0 Å². The summed E-state index contributed by atoms with van der Waals surface area (Å²) >= 11 is 0. The van der Waals surface area contributed by atoms with E-state index >= 15 is 0 Å². The van der Waals surface area contributed by atoms with Crippen molar-refractivity contribution in [3.05, 3.63) is 35.4 Å². The van der Waals surface area contributed by atoms with Crippen molar-refractivity contribution < 1.29 is 32.2 Å². The standard InChI is InChI=1S/C19H24F3NO4/c1-11(2)27-9-8-16(18(25)26-3)23-17(24)14-10-13(14)12-6-4-5-7-15(12)19(20,21)22/h4-7,11,13-14,16H,8-10H2,1-3H3,(H,23,24)/t13-,14+,16-/m0/s1. The van der Waals surface area contributed by atoms with Gasteiger partial charge in [-0.25, -0.2) is 4.79 Å². The van der Waals surface area contributed by atoms with Crippen molar-refractivity contribution in [2.45, 2.75) is 50.9 Å². The van der Waals surface area contributed by atoms with E-state index in [4.69, 9.17) is 4.74 Å². The molecule has 1 saturated carbocycles. The average molecular weight is 387 g/mol. The molecule has 0 bridgehead atoms. The van der Waals surface area contributed by atoms with Crippen molar-refractivity contribution >= 4 is 11.9 Å². The van der Waals surface area contributed by atoms with Gasteiger partial charge in [-0.3, -0.25) is 4.79 Å². The summed E-state index contributed by atoms with van der Waals surface area (Å²) < 4.78 is 49.5. The minimum Gasteiger partial charge on any atom is -0.467 e. The summed E-state index contributed by atoms with van der Waals surface area (Å²) in [5.74, 6) is -2.15. The maximum absolute atomic E-state index is 13.2. The lowest BCUT2D eigenvalue weighted by Gasteiger charge is -2.18. The first-order valence-corrected chi connectivity index (χ1v) is 8.81. The molecular weight excluding hydrogens is 363 g/mol. The Kier molecular flexibility index (Phi) is 6.86. The van der Waals surface area contributed by atoms with Gasteiger partial charge in [0, 0.05) is 18.9 Å².